The van der Waals surface area contributed by atoms with Gasteiger partial charge in [-0.2, -0.15) is 0 Å². The van der Waals surface area contributed by atoms with Crippen molar-refractivity contribution in [3.8, 4) is 0 Å². The number of carbonyl (C=O) groups excluding carboxylic acids is 1. The molecule has 1 aromatic carbocycles. The molecule has 7 heteroatoms. The van der Waals surface area contributed by atoms with Crippen LogP contribution in [0.15, 0.2) is 44.4 Å². The second-order valence-corrected chi connectivity index (χ2v) is 11.9. The molecule has 0 saturated heterocycles. The van der Waals surface area contributed by atoms with Crippen molar-refractivity contribution in [2.45, 2.75) is 84.0 Å². The zero-order chi connectivity index (χ0) is 24.9. The highest BCUT2D eigenvalue weighted by Gasteiger charge is 2.27. The summed E-state index contributed by atoms with van der Waals surface area (Å²) in [6.45, 7) is 11.5. The number of para-hydroxylation sites is 1. The van der Waals surface area contributed by atoms with Crippen LogP contribution in [0.3, 0.4) is 0 Å². The van der Waals surface area contributed by atoms with Crippen LogP contribution < -0.4 is 5.63 Å². The van der Waals surface area contributed by atoms with Gasteiger partial charge in [0, 0.05) is 34.9 Å². The lowest BCUT2D eigenvalue weighted by Crippen LogP contribution is -2.16. The fraction of sp³-hybridized carbons (Fsp3) is 0.615. The molecule has 0 spiro atoms. The predicted octanol–water partition coefficient (Wildman–Crippen LogP) is 8.47. The van der Waals surface area contributed by atoms with Crippen LogP contribution in [0.2, 0.25) is 0 Å². The first-order valence-electron chi connectivity index (χ1n) is 11.5. The van der Waals surface area contributed by atoms with Gasteiger partial charge in [-0.3, -0.25) is 4.79 Å². The first kappa shape index (κ1) is 29.7. The third-order valence-corrected chi connectivity index (χ3v) is 6.70. The van der Waals surface area contributed by atoms with Crippen LogP contribution in [-0.4, -0.2) is 23.0 Å². The van der Waals surface area contributed by atoms with Crippen molar-refractivity contribution >= 4 is 40.1 Å². The molecule has 0 N–H and O–H groups in total. The molecule has 0 bridgehead atoms. The molecule has 186 valence electrons. The maximum absolute atomic E-state index is 13.7. The standard InChI is InChI=1S/C17H18F2O3S2.C9H20/c18-17(19,7-3-9-23-12-20)8-4-10-24-15-11-16(21)22-14-6-2-1-5-13(14)15;1-8(2)6-7-9(3,4)5/h1-2,5-6,11-12H,3-4,7-10H2;8H,6-7H2,1-5H3. The maximum atomic E-state index is 13.7. The van der Waals surface area contributed by atoms with E-state index in [4.69, 9.17) is 4.42 Å². The molecule has 0 aliphatic rings. The summed E-state index contributed by atoms with van der Waals surface area (Å²) in [4.78, 5) is 22.4. The monoisotopic (exact) mass is 500 g/mol. The first-order chi connectivity index (χ1) is 15.4. The highest BCUT2D eigenvalue weighted by Crippen LogP contribution is 2.31. The third kappa shape index (κ3) is 13.8. The van der Waals surface area contributed by atoms with E-state index in [1.807, 2.05) is 12.1 Å². The molecule has 0 unspecified atom stereocenters. The smallest absolute Gasteiger partial charge is 0.337 e. The molecule has 0 aliphatic carbocycles. The van der Waals surface area contributed by atoms with Gasteiger partial charge in [-0.15, -0.1) is 11.8 Å². The fourth-order valence-electron chi connectivity index (χ4n) is 3.02. The molecule has 0 atom stereocenters. The Balaban J connectivity index is 0.000000513. The van der Waals surface area contributed by atoms with Crippen LogP contribution in [0.4, 0.5) is 8.78 Å². The summed E-state index contributed by atoms with van der Waals surface area (Å²) in [5.41, 5.74) is 1.28. The van der Waals surface area contributed by atoms with Crippen molar-refractivity contribution in [1.82, 2.24) is 0 Å². The van der Waals surface area contributed by atoms with Crippen LogP contribution in [0, 0.1) is 11.3 Å². The summed E-state index contributed by atoms with van der Waals surface area (Å²) in [6.07, 6.45) is 3.01. The summed E-state index contributed by atoms with van der Waals surface area (Å²) in [5.74, 6) is -0.905. The van der Waals surface area contributed by atoms with Crippen LogP contribution >= 0.6 is 23.5 Å². The minimum atomic E-state index is -2.71. The Labute approximate surface area is 205 Å². The summed E-state index contributed by atoms with van der Waals surface area (Å²) < 4.78 is 32.6. The molecule has 2 rings (SSSR count). The second-order valence-electron chi connectivity index (χ2n) is 9.80. The van der Waals surface area contributed by atoms with Crippen molar-refractivity contribution in [2.24, 2.45) is 11.3 Å². The Morgan fingerprint density at radius 2 is 1.67 bits per heavy atom. The van der Waals surface area contributed by atoms with Crippen molar-refractivity contribution in [2.75, 3.05) is 11.5 Å². The molecule has 0 amide bonds. The molecular formula is C26H38F2O3S2. The molecule has 1 aromatic heterocycles. The number of rotatable bonds is 12. The number of thioether (sulfide) groups is 2. The maximum Gasteiger partial charge on any atom is 0.337 e. The van der Waals surface area contributed by atoms with Crippen LogP contribution in [-0.2, 0) is 4.79 Å². The van der Waals surface area contributed by atoms with Gasteiger partial charge in [0.15, 0.2) is 5.62 Å². The SMILES string of the molecule is CC(C)CCC(C)(C)C.O=CSCCCC(F)(F)CCCSc1cc(=O)oc2ccccc12. The molecule has 0 aliphatic heterocycles. The van der Waals surface area contributed by atoms with Gasteiger partial charge in [0.05, 0.1) is 0 Å². The van der Waals surface area contributed by atoms with Gasteiger partial charge >= 0.3 is 5.63 Å². The lowest BCUT2D eigenvalue weighted by Gasteiger charge is -2.18. The normalized spacial score (nSPS) is 12.0. The highest BCUT2D eigenvalue weighted by molar-refractivity contribution is 8.11. The summed E-state index contributed by atoms with van der Waals surface area (Å²) in [7, 11) is 0. The number of halogens is 2. The summed E-state index contributed by atoms with van der Waals surface area (Å²) in [5, 5.41) is 0.819. The largest absolute Gasteiger partial charge is 0.423 e. The van der Waals surface area contributed by atoms with Gasteiger partial charge in [-0.1, -0.05) is 71.0 Å². The number of carbonyl (C=O) groups is 1. The van der Waals surface area contributed by atoms with Crippen molar-refractivity contribution in [3.63, 3.8) is 0 Å². The molecule has 0 saturated carbocycles. The molecule has 0 radical (unpaired) electrons. The fourth-order valence-corrected chi connectivity index (χ4v) is 4.44. The van der Waals surface area contributed by atoms with E-state index in [1.165, 1.54) is 30.7 Å². The average Bonchev–Trinajstić information content (AvgIpc) is 2.73. The van der Waals surface area contributed by atoms with E-state index in [0.717, 1.165) is 28.0 Å². The summed E-state index contributed by atoms with van der Waals surface area (Å²) >= 11 is 2.41. The van der Waals surface area contributed by atoms with Crippen LogP contribution in [0.5, 0.6) is 0 Å². The van der Waals surface area contributed by atoms with Crippen LogP contribution in [0.1, 0.15) is 73.1 Å². The van der Waals surface area contributed by atoms with E-state index < -0.39 is 11.5 Å². The van der Waals surface area contributed by atoms with E-state index in [2.05, 4.69) is 34.6 Å². The van der Waals surface area contributed by atoms with E-state index in [-0.39, 0.29) is 12.8 Å². The van der Waals surface area contributed by atoms with Gasteiger partial charge in [-0.25, -0.2) is 13.6 Å². The Morgan fingerprint density at radius 3 is 2.24 bits per heavy atom. The van der Waals surface area contributed by atoms with E-state index in [0.29, 0.717) is 41.0 Å². The molecule has 2 aromatic rings. The number of hydrogen-bond donors (Lipinski definition) is 0. The predicted molar refractivity (Wildman–Crippen MR) is 139 cm³/mol. The Kier molecular flexibility index (Phi) is 13.3. The summed E-state index contributed by atoms with van der Waals surface area (Å²) in [6, 6.07) is 8.59. The lowest BCUT2D eigenvalue weighted by molar-refractivity contribution is -0.0167. The van der Waals surface area contributed by atoms with E-state index in [9.17, 15) is 18.4 Å². The van der Waals surface area contributed by atoms with Crippen molar-refractivity contribution in [1.29, 1.82) is 0 Å². The Hall–Kier alpha value is -1.34. The molecular weight excluding hydrogens is 462 g/mol. The molecule has 3 nitrogen and oxygen atoms in total. The topological polar surface area (TPSA) is 47.3 Å². The molecule has 1 heterocycles. The second kappa shape index (κ2) is 14.8. The van der Waals surface area contributed by atoms with Gasteiger partial charge in [-0.05, 0) is 42.4 Å². The minimum absolute atomic E-state index is 0.189. The number of alkyl halides is 2. The quantitative estimate of drug-likeness (QED) is 0.127. The average molecular weight is 501 g/mol. The van der Waals surface area contributed by atoms with Gasteiger partial charge in [0.1, 0.15) is 5.58 Å². The number of fused-ring (bicyclic) bond motifs is 1. The zero-order valence-corrected chi connectivity index (χ0v) is 22.1. The van der Waals surface area contributed by atoms with Crippen molar-refractivity contribution in [3.05, 3.63) is 40.8 Å². The minimum Gasteiger partial charge on any atom is -0.423 e. The molecule has 33 heavy (non-hydrogen) atoms. The van der Waals surface area contributed by atoms with Crippen LogP contribution in [0.25, 0.3) is 11.0 Å². The number of benzene rings is 1. The first-order valence-corrected chi connectivity index (χ1v) is 13.6. The van der Waals surface area contributed by atoms with Gasteiger partial charge < -0.3 is 4.42 Å². The van der Waals surface area contributed by atoms with E-state index >= 15 is 0 Å². The van der Waals surface area contributed by atoms with Crippen molar-refractivity contribution < 1.29 is 18.0 Å². The number of hydrogen-bond acceptors (Lipinski definition) is 5. The molecule has 0 fully saturated rings. The third-order valence-electron chi connectivity index (χ3n) is 4.90. The Bertz CT molecular complexity index is 889. The van der Waals surface area contributed by atoms with E-state index in [1.54, 1.807) is 12.1 Å². The Morgan fingerprint density at radius 1 is 1.03 bits per heavy atom. The highest BCUT2D eigenvalue weighted by atomic mass is 32.2. The zero-order valence-electron chi connectivity index (χ0n) is 20.5. The van der Waals surface area contributed by atoms with Gasteiger partial charge in [0.2, 0.25) is 5.92 Å². The lowest BCUT2D eigenvalue weighted by atomic mass is 9.88. The van der Waals surface area contributed by atoms with Gasteiger partial charge in [0.25, 0.3) is 0 Å².